The summed E-state index contributed by atoms with van der Waals surface area (Å²) in [4.78, 5) is 49.6. The van der Waals surface area contributed by atoms with Gasteiger partial charge in [-0.15, -0.1) is 0 Å². The van der Waals surface area contributed by atoms with E-state index in [1.54, 1.807) is 41.4 Å². The first kappa shape index (κ1) is 30.0. The van der Waals surface area contributed by atoms with Gasteiger partial charge in [0, 0.05) is 5.69 Å². The molecule has 3 aromatic carbocycles. The number of carbonyl (C=O) groups excluding carboxylic acids is 3. The zero-order valence-electron chi connectivity index (χ0n) is 22.6. The van der Waals surface area contributed by atoms with E-state index in [1.807, 2.05) is 0 Å². The Morgan fingerprint density at radius 1 is 0.905 bits per heavy atom. The number of halogens is 2. The maximum atomic E-state index is 13.5. The van der Waals surface area contributed by atoms with Crippen molar-refractivity contribution in [2.24, 2.45) is 5.92 Å². The highest BCUT2D eigenvalue weighted by Crippen LogP contribution is 2.45. The first-order chi connectivity index (χ1) is 20.2. The normalized spacial score (nSPS) is 16.6. The lowest BCUT2D eigenvalue weighted by Gasteiger charge is -2.47. The molecule has 0 aliphatic carbocycles. The Balaban J connectivity index is 1.41. The fraction of sp³-hybridized carbons (Fsp3) is 0.267. The predicted molar refractivity (Wildman–Crippen MR) is 147 cm³/mol. The second-order valence-corrected chi connectivity index (χ2v) is 9.51. The first-order valence-corrected chi connectivity index (χ1v) is 13.2. The average molecular weight is 582 g/mol. The number of nitrogens with zero attached hydrogens (tertiary/aromatic N) is 1. The third kappa shape index (κ3) is 7.39. The lowest BCUT2D eigenvalue weighted by atomic mass is 9.80. The SMILES string of the molecule is CC[C@H](NC(=O)COc1ccc(C2C(CCOc3ccc(F)cc3)C(=O)N2c2ccc(F)cc2)cc1)C(=O)NC(=O)O. The van der Waals surface area contributed by atoms with Gasteiger partial charge in [-0.05, 0) is 79.1 Å². The van der Waals surface area contributed by atoms with Crippen LogP contribution >= 0.6 is 0 Å². The molecule has 3 N–H and O–H groups in total. The Hall–Kier alpha value is -5.00. The van der Waals surface area contributed by atoms with E-state index in [2.05, 4.69) is 5.32 Å². The molecule has 3 aromatic rings. The van der Waals surface area contributed by atoms with Crippen LogP contribution in [-0.2, 0) is 14.4 Å². The molecular weight excluding hydrogens is 552 g/mol. The number of carbonyl (C=O) groups is 4. The van der Waals surface area contributed by atoms with Crippen LogP contribution in [0.2, 0.25) is 0 Å². The molecule has 4 amide bonds. The Kier molecular flexibility index (Phi) is 9.69. The molecule has 1 saturated heterocycles. The monoisotopic (exact) mass is 581 g/mol. The number of ether oxygens (including phenoxy) is 2. The van der Waals surface area contributed by atoms with E-state index >= 15 is 0 Å². The van der Waals surface area contributed by atoms with E-state index in [4.69, 9.17) is 14.6 Å². The molecule has 1 aliphatic heterocycles. The number of hydrogen-bond donors (Lipinski definition) is 3. The van der Waals surface area contributed by atoms with Crippen molar-refractivity contribution in [3.05, 3.63) is 90.0 Å². The summed E-state index contributed by atoms with van der Waals surface area (Å²) in [6.07, 6.45) is -0.955. The molecule has 0 bridgehead atoms. The number of rotatable bonds is 12. The third-order valence-electron chi connectivity index (χ3n) is 6.71. The van der Waals surface area contributed by atoms with Crippen LogP contribution in [0, 0.1) is 17.6 Å². The van der Waals surface area contributed by atoms with Crippen LogP contribution in [0.25, 0.3) is 0 Å². The molecule has 3 atom stereocenters. The smallest absolute Gasteiger partial charge is 0.411 e. The van der Waals surface area contributed by atoms with Crippen LogP contribution in [-0.4, -0.2) is 48.2 Å². The summed E-state index contributed by atoms with van der Waals surface area (Å²) in [5, 5.41) is 12.8. The van der Waals surface area contributed by atoms with E-state index in [1.165, 1.54) is 48.5 Å². The Bertz CT molecular complexity index is 1420. The van der Waals surface area contributed by atoms with Crippen LogP contribution in [0.5, 0.6) is 11.5 Å². The van der Waals surface area contributed by atoms with Gasteiger partial charge in [0.1, 0.15) is 29.2 Å². The fourth-order valence-electron chi connectivity index (χ4n) is 4.63. The predicted octanol–water partition coefficient (Wildman–Crippen LogP) is 4.21. The zero-order valence-corrected chi connectivity index (χ0v) is 22.6. The summed E-state index contributed by atoms with van der Waals surface area (Å²) in [5.74, 6) is -2.01. The van der Waals surface area contributed by atoms with Crippen molar-refractivity contribution >= 4 is 29.5 Å². The minimum absolute atomic E-state index is 0.149. The van der Waals surface area contributed by atoms with Gasteiger partial charge >= 0.3 is 6.09 Å². The molecular formula is C30H29F2N3O7. The van der Waals surface area contributed by atoms with E-state index in [9.17, 15) is 28.0 Å². The second kappa shape index (κ2) is 13.6. The Labute approximate surface area is 240 Å². The van der Waals surface area contributed by atoms with Gasteiger partial charge in [-0.2, -0.15) is 0 Å². The summed E-state index contributed by atoms with van der Waals surface area (Å²) in [6.45, 7) is 1.42. The lowest BCUT2D eigenvalue weighted by molar-refractivity contribution is -0.131. The van der Waals surface area contributed by atoms with Crippen molar-refractivity contribution < 1.29 is 42.5 Å². The van der Waals surface area contributed by atoms with Crippen LogP contribution in [0.15, 0.2) is 72.8 Å². The van der Waals surface area contributed by atoms with E-state index in [-0.39, 0.29) is 30.8 Å². The number of anilines is 1. The molecule has 10 nitrogen and oxygen atoms in total. The van der Waals surface area contributed by atoms with Crippen LogP contribution < -0.4 is 25.0 Å². The van der Waals surface area contributed by atoms with Crippen LogP contribution in [0.3, 0.4) is 0 Å². The van der Waals surface area contributed by atoms with Crippen molar-refractivity contribution in [1.82, 2.24) is 10.6 Å². The molecule has 1 fully saturated rings. The topological polar surface area (TPSA) is 134 Å². The van der Waals surface area contributed by atoms with Gasteiger partial charge in [0.15, 0.2) is 6.61 Å². The summed E-state index contributed by atoms with van der Waals surface area (Å²) in [5.41, 5.74) is 1.32. The minimum atomic E-state index is -1.52. The average Bonchev–Trinajstić information content (AvgIpc) is 2.97. The Morgan fingerprint density at radius 2 is 1.48 bits per heavy atom. The van der Waals surface area contributed by atoms with Gasteiger partial charge in [0.2, 0.25) is 5.91 Å². The number of amides is 4. The summed E-state index contributed by atoms with van der Waals surface area (Å²) < 4.78 is 37.9. The second-order valence-electron chi connectivity index (χ2n) is 9.51. The molecule has 1 aliphatic rings. The van der Waals surface area contributed by atoms with Gasteiger partial charge in [-0.25, -0.2) is 13.6 Å². The van der Waals surface area contributed by atoms with E-state index in [0.29, 0.717) is 23.6 Å². The van der Waals surface area contributed by atoms with Gasteiger partial charge < -0.3 is 24.8 Å². The highest BCUT2D eigenvalue weighted by atomic mass is 19.1. The molecule has 12 heteroatoms. The lowest BCUT2D eigenvalue weighted by Crippen LogP contribution is -2.55. The standard InChI is InChI=1S/C30H29F2N3O7/c1-2-25(28(37)34-30(39)40)33-26(36)17-42-23-11-3-18(4-12-23)27-24(15-16-41-22-13-7-20(32)8-14-22)29(38)35(27)21-9-5-19(31)6-10-21/h3-14,24-25,27H,2,15-17H2,1H3,(H,33,36)(H,34,37)(H,39,40)/t24?,25-,27?/m0/s1. The highest BCUT2D eigenvalue weighted by molar-refractivity contribution is 6.03. The molecule has 42 heavy (non-hydrogen) atoms. The highest BCUT2D eigenvalue weighted by Gasteiger charge is 2.48. The van der Waals surface area contributed by atoms with Crippen molar-refractivity contribution in [3.8, 4) is 11.5 Å². The fourth-order valence-corrected chi connectivity index (χ4v) is 4.63. The maximum absolute atomic E-state index is 13.5. The number of benzene rings is 3. The van der Waals surface area contributed by atoms with Gasteiger partial charge in [-0.1, -0.05) is 19.1 Å². The zero-order chi connectivity index (χ0) is 30.2. The number of imide groups is 1. The van der Waals surface area contributed by atoms with E-state index < -0.39 is 42.3 Å². The number of β-lactam (4-membered cyclic amide) rings is 1. The molecule has 0 spiro atoms. The molecule has 220 valence electrons. The van der Waals surface area contributed by atoms with Crippen molar-refractivity contribution in [2.45, 2.75) is 31.8 Å². The molecule has 0 aromatic heterocycles. The first-order valence-electron chi connectivity index (χ1n) is 13.2. The van der Waals surface area contributed by atoms with Crippen molar-refractivity contribution in [2.75, 3.05) is 18.1 Å². The number of nitrogens with one attached hydrogen (secondary N) is 2. The van der Waals surface area contributed by atoms with E-state index in [0.717, 1.165) is 5.56 Å². The third-order valence-corrected chi connectivity index (χ3v) is 6.71. The summed E-state index contributed by atoms with van der Waals surface area (Å²) in [7, 11) is 0. The van der Waals surface area contributed by atoms with Crippen molar-refractivity contribution in [1.29, 1.82) is 0 Å². The van der Waals surface area contributed by atoms with Gasteiger partial charge in [-0.3, -0.25) is 19.7 Å². The van der Waals surface area contributed by atoms with Crippen molar-refractivity contribution in [3.63, 3.8) is 0 Å². The molecule has 0 saturated carbocycles. The minimum Gasteiger partial charge on any atom is -0.494 e. The molecule has 4 rings (SSSR count). The molecule has 0 radical (unpaired) electrons. The summed E-state index contributed by atoms with van der Waals surface area (Å²) >= 11 is 0. The molecule has 2 unspecified atom stereocenters. The van der Waals surface area contributed by atoms with Crippen LogP contribution in [0.4, 0.5) is 19.3 Å². The Morgan fingerprint density at radius 3 is 2.07 bits per heavy atom. The largest absolute Gasteiger partial charge is 0.494 e. The summed E-state index contributed by atoms with van der Waals surface area (Å²) in [6, 6.07) is 16.6. The molecule has 1 heterocycles. The number of carboxylic acid groups (broad SMARTS) is 1. The van der Waals surface area contributed by atoms with Gasteiger partial charge in [0.25, 0.3) is 11.8 Å². The van der Waals surface area contributed by atoms with Gasteiger partial charge in [0.05, 0.1) is 18.6 Å². The van der Waals surface area contributed by atoms with Crippen LogP contribution in [0.1, 0.15) is 31.4 Å². The quantitative estimate of drug-likeness (QED) is 0.273. The maximum Gasteiger partial charge on any atom is 0.411 e. The number of hydrogen-bond acceptors (Lipinski definition) is 6.